The van der Waals surface area contributed by atoms with Gasteiger partial charge in [0.05, 0.1) is 0 Å². The Balaban J connectivity index is -0.0000000200. The van der Waals surface area contributed by atoms with E-state index in [1.165, 1.54) is 0 Å². The van der Waals surface area contributed by atoms with E-state index < -0.39 is 0 Å². The first-order valence-corrected chi connectivity index (χ1v) is 0.516. The van der Waals surface area contributed by atoms with Gasteiger partial charge in [-0.3, -0.25) is 0 Å². The summed E-state index contributed by atoms with van der Waals surface area (Å²) in [5, 5.41) is 14.0. The molecule has 0 aromatic heterocycles. The Labute approximate surface area is 33.8 Å². The highest BCUT2D eigenvalue weighted by Crippen LogP contribution is 1.08. The van der Waals surface area contributed by atoms with Crippen molar-refractivity contribution in [2.75, 3.05) is 0 Å². The molecule has 0 saturated heterocycles. The monoisotopic (exact) mass is 77.1 g/mol. The molecule has 0 rings (SSSR count). The van der Waals surface area contributed by atoms with Gasteiger partial charge in [0.25, 0.3) is 0 Å². The van der Waals surface area contributed by atoms with Crippen molar-refractivity contribution in [2.45, 2.75) is 14.9 Å². The third-order valence-electron chi connectivity index (χ3n) is 0. The first-order valence-electron chi connectivity index (χ1n) is 0.516. The molecule has 2 nitrogen and oxygen atoms in total. The lowest BCUT2D eigenvalue weighted by atomic mass is 10.5. The Kier molecular flexibility index (Phi) is 147. The molecular weight excluding hydrogens is 66.8 g/mol. The fourth-order valence-electron chi connectivity index (χ4n) is 0. The van der Waals surface area contributed by atoms with Crippen LogP contribution in [0.25, 0.3) is 0 Å². The maximum Gasteiger partial charge on any atom is 0.482 e. The van der Waals surface area contributed by atoms with Gasteiger partial charge in [0, 0.05) is 0 Å². The molecule has 1 radical (unpaired) electrons. The predicted octanol–water partition coefficient (Wildman–Crippen LogP) is -0.223. The molecule has 0 amide bonds. The van der Waals surface area contributed by atoms with Crippen molar-refractivity contribution in [1.82, 2.24) is 0 Å². The molecule has 0 aliphatic heterocycles. The topological polar surface area (TPSA) is 40.5 Å². The second-order valence-corrected chi connectivity index (χ2v) is 0.115. The van der Waals surface area contributed by atoms with Crippen LogP contribution in [0.3, 0.4) is 0 Å². The standard InChI is InChI=1S/2CH4.BH2O2/c;;2-1-3/h2*1H4;2-3H. The highest BCUT2D eigenvalue weighted by molar-refractivity contribution is 6.13. The second-order valence-electron chi connectivity index (χ2n) is 0.115. The third-order valence-corrected chi connectivity index (χ3v) is 0. The van der Waals surface area contributed by atoms with E-state index in [4.69, 9.17) is 10.0 Å². The SMILES string of the molecule is C.C.O[B]O. The minimum atomic E-state index is 0. The van der Waals surface area contributed by atoms with Crippen LogP contribution < -0.4 is 0 Å². The van der Waals surface area contributed by atoms with Crippen molar-refractivity contribution in [3.63, 3.8) is 0 Å². The Hall–Kier alpha value is -0.0151. The molecule has 0 fully saturated rings. The average Bonchev–Trinajstić information content (AvgIpc) is 0.918. The number of hydrogen-bond acceptors (Lipinski definition) is 2. The molecule has 0 aromatic rings. The second kappa shape index (κ2) is 36.6. The largest absolute Gasteiger partial charge is 0.482 e. The molecule has 0 bridgehead atoms. The normalized spacial score (nSPS) is 2.80. The lowest BCUT2D eigenvalue weighted by Crippen LogP contribution is -1.75. The quantitative estimate of drug-likeness (QED) is 0.392. The summed E-state index contributed by atoms with van der Waals surface area (Å²) >= 11 is 0. The molecular formula is C2H10BO2. The van der Waals surface area contributed by atoms with Crippen LogP contribution in [0.5, 0.6) is 0 Å². The van der Waals surface area contributed by atoms with Gasteiger partial charge in [-0.25, -0.2) is 0 Å². The number of rotatable bonds is 0. The van der Waals surface area contributed by atoms with Gasteiger partial charge in [-0.1, -0.05) is 14.9 Å². The van der Waals surface area contributed by atoms with Gasteiger partial charge in [0.1, 0.15) is 0 Å². The van der Waals surface area contributed by atoms with Gasteiger partial charge in [-0.05, 0) is 0 Å². The summed E-state index contributed by atoms with van der Waals surface area (Å²) in [4.78, 5) is 0. The molecule has 2 N–H and O–H groups in total. The van der Waals surface area contributed by atoms with Gasteiger partial charge >= 0.3 is 7.69 Å². The zero-order valence-corrected chi connectivity index (χ0v) is 1.47. The highest BCUT2D eigenvalue weighted by atomic mass is 16.4. The van der Waals surface area contributed by atoms with E-state index in [2.05, 4.69) is 0 Å². The summed E-state index contributed by atoms with van der Waals surface area (Å²) in [5.74, 6) is 0. The van der Waals surface area contributed by atoms with Crippen LogP contribution in [0.1, 0.15) is 14.9 Å². The molecule has 0 atom stereocenters. The fourth-order valence-corrected chi connectivity index (χ4v) is 0. The minimum absolute atomic E-state index is 0. The lowest BCUT2D eigenvalue weighted by Gasteiger charge is -1.46. The average molecular weight is 76.9 g/mol. The zero-order valence-electron chi connectivity index (χ0n) is 1.47. The molecule has 3 heteroatoms. The number of hydrogen-bond donors (Lipinski definition) is 2. The van der Waals surface area contributed by atoms with E-state index in [1.54, 1.807) is 0 Å². The van der Waals surface area contributed by atoms with Crippen molar-refractivity contribution in [3.8, 4) is 0 Å². The molecule has 5 heavy (non-hydrogen) atoms. The summed E-state index contributed by atoms with van der Waals surface area (Å²) in [6.07, 6.45) is 0. The highest BCUT2D eigenvalue weighted by Gasteiger charge is 1.51. The van der Waals surface area contributed by atoms with E-state index in [9.17, 15) is 0 Å². The Morgan fingerprint density at radius 3 is 1.00 bits per heavy atom. The van der Waals surface area contributed by atoms with E-state index in [0.29, 0.717) is 0 Å². The summed E-state index contributed by atoms with van der Waals surface area (Å²) in [6, 6.07) is 0. The van der Waals surface area contributed by atoms with Gasteiger partial charge in [-0.2, -0.15) is 0 Å². The van der Waals surface area contributed by atoms with Crippen LogP contribution in [0.4, 0.5) is 0 Å². The Morgan fingerprint density at radius 1 is 1.00 bits per heavy atom. The molecule has 0 unspecified atom stereocenters. The summed E-state index contributed by atoms with van der Waals surface area (Å²) in [6.45, 7) is 0. The first kappa shape index (κ1) is 20.1. The Bertz CT molecular complexity index is 7.61. The van der Waals surface area contributed by atoms with Gasteiger partial charge < -0.3 is 10.0 Å². The van der Waals surface area contributed by atoms with Crippen LogP contribution in [-0.2, 0) is 0 Å². The maximum atomic E-state index is 7.00. The van der Waals surface area contributed by atoms with E-state index in [-0.39, 0.29) is 22.5 Å². The van der Waals surface area contributed by atoms with Gasteiger partial charge in [0.2, 0.25) is 0 Å². The van der Waals surface area contributed by atoms with Gasteiger partial charge in [0.15, 0.2) is 0 Å². The molecule has 0 aliphatic carbocycles. The van der Waals surface area contributed by atoms with Crippen LogP contribution >= 0.6 is 0 Å². The molecule has 33 valence electrons. The van der Waals surface area contributed by atoms with Crippen molar-refractivity contribution < 1.29 is 10.0 Å². The predicted molar refractivity (Wildman–Crippen MR) is 23.7 cm³/mol. The Morgan fingerprint density at radius 2 is 1.00 bits per heavy atom. The van der Waals surface area contributed by atoms with Crippen molar-refractivity contribution in [3.05, 3.63) is 0 Å². The summed E-state index contributed by atoms with van der Waals surface area (Å²) in [7, 11) is 0. The summed E-state index contributed by atoms with van der Waals surface area (Å²) in [5.41, 5.74) is 0. The van der Waals surface area contributed by atoms with E-state index in [0.717, 1.165) is 0 Å². The lowest BCUT2D eigenvalue weighted by molar-refractivity contribution is 0.448. The minimum Gasteiger partial charge on any atom is -0.429 e. The van der Waals surface area contributed by atoms with Crippen molar-refractivity contribution in [2.24, 2.45) is 0 Å². The van der Waals surface area contributed by atoms with E-state index >= 15 is 0 Å². The molecule has 0 aliphatic rings. The van der Waals surface area contributed by atoms with E-state index in [1.807, 2.05) is 0 Å². The van der Waals surface area contributed by atoms with Crippen LogP contribution in [0.15, 0.2) is 0 Å². The smallest absolute Gasteiger partial charge is 0.429 e. The molecule has 0 spiro atoms. The maximum absolute atomic E-state index is 7.00. The third kappa shape index (κ3) is 69200. The zero-order chi connectivity index (χ0) is 2.71. The summed E-state index contributed by atoms with van der Waals surface area (Å²) < 4.78 is 0. The van der Waals surface area contributed by atoms with Crippen molar-refractivity contribution >= 4 is 7.69 Å². The van der Waals surface area contributed by atoms with Gasteiger partial charge in [-0.15, -0.1) is 0 Å². The molecule has 0 saturated carbocycles. The first-order chi connectivity index (χ1) is 1.41. The molecule has 0 heterocycles. The fraction of sp³-hybridized carbons (Fsp3) is 1.00. The molecule has 0 aromatic carbocycles. The van der Waals surface area contributed by atoms with Crippen LogP contribution in [-0.4, -0.2) is 17.7 Å². The van der Waals surface area contributed by atoms with Crippen LogP contribution in [0.2, 0.25) is 0 Å². The van der Waals surface area contributed by atoms with Crippen molar-refractivity contribution in [1.29, 1.82) is 0 Å². The van der Waals surface area contributed by atoms with Crippen LogP contribution in [0, 0.1) is 0 Å².